The molecule has 0 spiro atoms. The normalized spacial score (nSPS) is 10.5. The highest BCUT2D eigenvalue weighted by Crippen LogP contribution is 2.04. The number of thioether (sulfide) groups is 1. The molecule has 21 heavy (non-hydrogen) atoms. The molecule has 7 heteroatoms. The smallest absolute Gasteiger partial charge is 0.251 e. The summed E-state index contributed by atoms with van der Waals surface area (Å²) in [5.74, 6) is 1.76. The maximum absolute atomic E-state index is 11.4. The minimum Gasteiger partial charge on any atom is -0.356 e. The molecule has 0 fully saturated rings. The van der Waals surface area contributed by atoms with Crippen LogP contribution in [0.4, 0.5) is 0 Å². The molecule has 0 aliphatic heterocycles. The highest BCUT2D eigenvalue weighted by Gasteiger charge is 2.02. The van der Waals surface area contributed by atoms with E-state index in [1.54, 1.807) is 25.9 Å². The molecule has 0 saturated heterocycles. The van der Waals surface area contributed by atoms with Gasteiger partial charge in [-0.05, 0) is 24.0 Å². The Bertz CT molecular complexity index is 451. The summed E-state index contributed by atoms with van der Waals surface area (Å²) in [5, 5.41) is 9.07. The Labute approximate surface area is 147 Å². The fraction of sp³-hybridized carbons (Fsp3) is 0.429. The number of hydrogen-bond donors (Lipinski definition) is 3. The molecule has 118 valence electrons. The predicted molar refractivity (Wildman–Crippen MR) is 102 cm³/mol. The first-order chi connectivity index (χ1) is 9.71. The van der Waals surface area contributed by atoms with Gasteiger partial charge in [-0.15, -0.1) is 24.0 Å². The number of carbonyl (C=O) groups is 1. The quantitative estimate of drug-likeness (QED) is 0.283. The van der Waals surface area contributed by atoms with Crippen LogP contribution in [-0.2, 0) is 6.54 Å². The molecule has 1 amide bonds. The van der Waals surface area contributed by atoms with Gasteiger partial charge in [-0.25, -0.2) is 0 Å². The van der Waals surface area contributed by atoms with E-state index in [4.69, 9.17) is 0 Å². The summed E-state index contributed by atoms with van der Waals surface area (Å²) in [7, 11) is 3.38. The summed E-state index contributed by atoms with van der Waals surface area (Å²) in [5.41, 5.74) is 1.77. The van der Waals surface area contributed by atoms with Gasteiger partial charge in [0.25, 0.3) is 5.91 Å². The molecule has 0 unspecified atom stereocenters. The van der Waals surface area contributed by atoms with Gasteiger partial charge in [0.1, 0.15) is 0 Å². The summed E-state index contributed by atoms with van der Waals surface area (Å²) in [6, 6.07) is 7.51. The van der Waals surface area contributed by atoms with Crippen LogP contribution in [0.2, 0.25) is 0 Å². The second kappa shape index (κ2) is 11.7. The van der Waals surface area contributed by atoms with E-state index < -0.39 is 0 Å². The fourth-order valence-electron chi connectivity index (χ4n) is 1.60. The SMILES string of the molecule is CN=C(NCCSC)NCc1ccc(C(=O)NC)cc1.I. The average molecular weight is 422 g/mol. The lowest BCUT2D eigenvalue weighted by atomic mass is 10.1. The summed E-state index contributed by atoms with van der Waals surface area (Å²) < 4.78 is 0. The van der Waals surface area contributed by atoms with Crippen molar-refractivity contribution in [3.8, 4) is 0 Å². The van der Waals surface area contributed by atoms with E-state index in [2.05, 4.69) is 27.2 Å². The Hall–Kier alpha value is -0.960. The zero-order valence-electron chi connectivity index (χ0n) is 12.6. The number of nitrogens with one attached hydrogen (secondary N) is 3. The van der Waals surface area contributed by atoms with Crippen molar-refractivity contribution in [1.82, 2.24) is 16.0 Å². The van der Waals surface area contributed by atoms with Crippen molar-refractivity contribution in [3.63, 3.8) is 0 Å². The van der Waals surface area contributed by atoms with E-state index in [-0.39, 0.29) is 29.9 Å². The molecule has 0 heterocycles. The van der Waals surface area contributed by atoms with Gasteiger partial charge in [-0.1, -0.05) is 12.1 Å². The number of carbonyl (C=O) groups excluding carboxylic acids is 1. The highest BCUT2D eigenvalue weighted by molar-refractivity contribution is 14.0. The molecular formula is C14H23IN4OS. The molecule has 1 aromatic carbocycles. The van der Waals surface area contributed by atoms with Crippen molar-refractivity contribution >= 4 is 47.6 Å². The fourth-order valence-corrected chi connectivity index (χ4v) is 1.90. The average Bonchev–Trinajstić information content (AvgIpc) is 2.50. The second-order valence-electron chi connectivity index (χ2n) is 4.12. The number of nitrogens with zero attached hydrogens (tertiary/aromatic N) is 1. The lowest BCUT2D eigenvalue weighted by Gasteiger charge is -2.11. The number of benzene rings is 1. The van der Waals surface area contributed by atoms with Crippen molar-refractivity contribution < 1.29 is 4.79 Å². The summed E-state index contributed by atoms with van der Waals surface area (Å²) in [6.45, 7) is 1.56. The molecule has 0 aliphatic carbocycles. The molecule has 0 bridgehead atoms. The lowest BCUT2D eigenvalue weighted by molar-refractivity contribution is 0.0963. The van der Waals surface area contributed by atoms with Gasteiger partial charge in [-0.3, -0.25) is 9.79 Å². The van der Waals surface area contributed by atoms with Gasteiger partial charge >= 0.3 is 0 Å². The number of hydrogen-bond acceptors (Lipinski definition) is 3. The zero-order chi connectivity index (χ0) is 14.8. The Kier molecular flexibility index (Phi) is 11.1. The second-order valence-corrected chi connectivity index (χ2v) is 5.11. The molecule has 1 aromatic rings. The van der Waals surface area contributed by atoms with Crippen LogP contribution in [0.15, 0.2) is 29.3 Å². The minimum atomic E-state index is -0.0703. The Morgan fingerprint density at radius 3 is 2.43 bits per heavy atom. The molecule has 1 rings (SSSR count). The van der Waals surface area contributed by atoms with E-state index in [1.807, 2.05) is 24.3 Å². The molecular weight excluding hydrogens is 399 g/mol. The van der Waals surface area contributed by atoms with Crippen molar-refractivity contribution in [1.29, 1.82) is 0 Å². The van der Waals surface area contributed by atoms with Crippen LogP contribution < -0.4 is 16.0 Å². The Balaban J connectivity index is 0.00000400. The van der Waals surface area contributed by atoms with Crippen molar-refractivity contribution in [3.05, 3.63) is 35.4 Å². The van der Waals surface area contributed by atoms with Gasteiger partial charge in [0.2, 0.25) is 0 Å². The molecule has 5 nitrogen and oxygen atoms in total. The third-order valence-electron chi connectivity index (χ3n) is 2.73. The van der Waals surface area contributed by atoms with Gasteiger partial charge in [0, 0.05) is 38.5 Å². The molecule has 0 aliphatic rings. The van der Waals surface area contributed by atoms with Crippen LogP contribution >= 0.6 is 35.7 Å². The van der Waals surface area contributed by atoms with E-state index in [1.165, 1.54) is 0 Å². The van der Waals surface area contributed by atoms with Gasteiger partial charge in [-0.2, -0.15) is 11.8 Å². The summed E-state index contributed by atoms with van der Waals surface area (Å²) in [4.78, 5) is 15.6. The third kappa shape index (κ3) is 7.56. The van der Waals surface area contributed by atoms with Gasteiger partial charge < -0.3 is 16.0 Å². The first-order valence-corrected chi connectivity index (χ1v) is 7.85. The highest BCUT2D eigenvalue weighted by atomic mass is 127. The summed E-state index contributed by atoms with van der Waals surface area (Å²) >= 11 is 1.79. The molecule has 0 saturated carbocycles. The monoisotopic (exact) mass is 422 g/mol. The molecule has 0 aromatic heterocycles. The maximum Gasteiger partial charge on any atom is 0.251 e. The number of aliphatic imine (C=N–C) groups is 1. The molecule has 3 N–H and O–H groups in total. The minimum absolute atomic E-state index is 0. The first-order valence-electron chi connectivity index (χ1n) is 6.45. The Morgan fingerprint density at radius 1 is 1.24 bits per heavy atom. The maximum atomic E-state index is 11.4. The first kappa shape index (κ1) is 20.0. The third-order valence-corrected chi connectivity index (χ3v) is 3.34. The van der Waals surface area contributed by atoms with Crippen LogP contribution in [0.5, 0.6) is 0 Å². The molecule has 0 radical (unpaired) electrons. The lowest BCUT2D eigenvalue weighted by Crippen LogP contribution is -2.37. The van der Waals surface area contributed by atoms with E-state index in [9.17, 15) is 4.79 Å². The zero-order valence-corrected chi connectivity index (χ0v) is 15.7. The standard InChI is InChI=1S/C14H22N4OS.HI/c1-15-13(19)12-6-4-11(5-7-12)10-18-14(16-2)17-8-9-20-3;/h4-7H,8-10H2,1-3H3,(H,15,19)(H2,16,17,18);1H. The van der Waals surface area contributed by atoms with Gasteiger partial charge in [0.05, 0.1) is 0 Å². The number of guanidine groups is 1. The number of halogens is 1. The van der Waals surface area contributed by atoms with Crippen LogP contribution in [0, 0.1) is 0 Å². The number of rotatable bonds is 6. The van der Waals surface area contributed by atoms with E-state index >= 15 is 0 Å². The van der Waals surface area contributed by atoms with Gasteiger partial charge in [0.15, 0.2) is 5.96 Å². The largest absolute Gasteiger partial charge is 0.356 e. The predicted octanol–water partition coefficient (Wildman–Crippen LogP) is 1.69. The van der Waals surface area contributed by atoms with Crippen molar-refractivity contribution in [2.75, 3.05) is 32.6 Å². The van der Waals surface area contributed by atoms with Crippen LogP contribution in [0.25, 0.3) is 0 Å². The van der Waals surface area contributed by atoms with Crippen molar-refractivity contribution in [2.24, 2.45) is 4.99 Å². The topological polar surface area (TPSA) is 65.5 Å². The van der Waals surface area contributed by atoms with E-state index in [0.717, 1.165) is 23.8 Å². The summed E-state index contributed by atoms with van der Waals surface area (Å²) in [6.07, 6.45) is 2.08. The van der Waals surface area contributed by atoms with Crippen molar-refractivity contribution in [2.45, 2.75) is 6.54 Å². The molecule has 0 atom stereocenters. The van der Waals surface area contributed by atoms with E-state index in [0.29, 0.717) is 12.1 Å². The number of amides is 1. The van der Waals surface area contributed by atoms with Crippen LogP contribution in [-0.4, -0.2) is 44.5 Å². The Morgan fingerprint density at radius 2 is 1.90 bits per heavy atom. The van der Waals surface area contributed by atoms with Crippen LogP contribution in [0.3, 0.4) is 0 Å². The van der Waals surface area contributed by atoms with Crippen LogP contribution in [0.1, 0.15) is 15.9 Å².